The van der Waals surface area contributed by atoms with Gasteiger partial charge in [0.2, 0.25) is 0 Å². The first-order valence-electron chi connectivity index (χ1n) is 12.5. The highest BCUT2D eigenvalue weighted by atomic mass is 32.2. The molecule has 6 nitrogen and oxygen atoms in total. The summed E-state index contributed by atoms with van der Waals surface area (Å²) in [6, 6.07) is 18.8. The van der Waals surface area contributed by atoms with Crippen LogP contribution in [0.4, 0.5) is 5.82 Å². The third kappa shape index (κ3) is 4.55. The van der Waals surface area contributed by atoms with Crippen LogP contribution in [0.3, 0.4) is 0 Å². The van der Waals surface area contributed by atoms with Gasteiger partial charge in [0.05, 0.1) is 18.8 Å². The Hall–Kier alpha value is -3.45. The second-order valence-corrected chi connectivity index (χ2v) is 10.3. The van der Waals surface area contributed by atoms with Gasteiger partial charge in [0.1, 0.15) is 11.1 Å². The second kappa shape index (κ2) is 10.3. The molecule has 0 amide bonds. The van der Waals surface area contributed by atoms with E-state index in [1.54, 1.807) is 11.8 Å². The highest BCUT2D eigenvalue weighted by molar-refractivity contribution is 8.02. The van der Waals surface area contributed by atoms with Crippen molar-refractivity contribution in [2.45, 2.75) is 45.9 Å². The van der Waals surface area contributed by atoms with E-state index < -0.39 is 0 Å². The Bertz CT molecular complexity index is 1390. The molecule has 4 aromatic rings. The SMILES string of the molecule is CCOc1ccc(-n2c(C)c3c(C)nnc(NCC4=CSC(c5ccccc5)N4)c3c2C(C)C)cc1. The number of nitrogens with zero attached hydrogens (tertiary/aromatic N) is 3. The Kier molecular flexibility index (Phi) is 6.92. The zero-order chi connectivity index (χ0) is 25.2. The van der Waals surface area contributed by atoms with Crippen LogP contribution in [0.5, 0.6) is 5.75 Å². The Labute approximate surface area is 217 Å². The zero-order valence-corrected chi connectivity index (χ0v) is 22.3. The first kappa shape index (κ1) is 24.3. The maximum atomic E-state index is 5.67. The highest BCUT2D eigenvalue weighted by Crippen LogP contribution is 2.39. The van der Waals surface area contributed by atoms with Gasteiger partial charge in [-0.3, -0.25) is 0 Å². The van der Waals surface area contributed by atoms with E-state index in [0.717, 1.165) is 39.4 Å². The largest absolute Gasteiger partial charge is 0.494 e. The maximum absolute atomic E-state index is 5.67. The molecule has 0 radical (unpaired) electrons. The van der Waals surface area contributed by atoms with Crippen LogP contribution in [-0.2, 0) is 0 Å². The van der Waals surface area contributed by atoms with Crippen molar-refractivity contribution >= 4 is 28.4 Å². The summed E-state index contributed by atoms with van der Waals surface area (Å²) in [6.45, 7) is 12.0. The zero-order valence-electron chi connectivity index (χ0n) is 21.5. The fourth-order valence-corrected chi connectivity index (χ4v) is 5.92. The summed E-state index contributed by atoms with van der Waals surface area (Å²) < 4.78 is 8.01. The third-order valence-electron chi connectivity index (χ3n) is 6.51. The molecule has 2 N–H and O–H groups in total. The molecule has 0 spiro atoms. The molecule has 1 atom stereocenters. The van der Waals surface area contributed by atoms with Gasteiger partial charge in [0.15, 0.2) is 5.82 Å². The fourth-order valence-electron chi connectivity index (χ4n) is 4.93. The number of benzene rings is 2. The van der Waals surface area contributed by atoms with Crippen molar-refractivity contribution in [3.63, 3.8) is 0 Å². The van der Waals surface area contributed by atoms with E-state index in [4.69, 9.17) is 4.74 Å². The van der Waals surface area contributed by atoms with Crippen molar-refractivity contribution in [2.24, 2.45) is 0 Å². The number of hydrogen-bond acceptors (Lipinski definition) is 6. The highest BCUT2D eigenvalue weighted by Gasteiger charge is 2.24. The topological polar surface area (TPSA) is 64.0 Å². The minimum atomic E-state index is 0.237. The van der Waals surface area contributed by atoms with Crippen LogP contribution in [0, 0.1) is 13.8 Å². The first-order valence-corrected chi connectivity index (χ1v) is 13.4. The number of nitrogens with one attached hydrogen (secondary N) is 2. The van der Waals surface area contributed by atoms with Crippen molar-refractivity contribution in [1.29, 1.82) is 0 Å². The molecule has 1 aliphatic rings. The van der Waals surface area contributed by atoms with Crippen molar-refractivity contribution < 1.29 is 4.74 Å². The average Bonchev–Trinajstić information content (AvgIpc) is 3.48. The minimum absolute atomic E-state index is 0.237. The number of ether oxygens (including phenoxy) is 1. The molecular weight excluding hydrogens is 466 g/mol. The maximum Gasteiger partial charge on any atom is 0.158 e. The molecule has 0 aliphatic carbocycles. The molecule has 5 rings (SSSR count). The van der Waals surface area contributed by atoms with Crippen LogP contribution in [0.1, 0.15) is 54.7 Å². The van der Waals surface area contributed by atoms with E-state index in [-0.39, 0.29) is 5.37 Å². The van der Waals surface area contributed by atoms with E-state index in [1.807, 2.05) is 32.0 Å². The van der Waals surface area contributed by atoms with Gasteiger partial charge in [-0.15, -0.1) is 16.9 Å². The average molecular weight is 500 g/mol. The monoisotopic (exact) mass is 499 g/mol. The molecule has 2 aromatic carbocycles. The van der Waals surface area contributed by atoms with Gasteiger partial charge in [0.25, 0.3) is 0 Å². The van der Waals surface area contributed by atoms with Crippen molar-refractivity contribution in [2.75, 3.05) is 18.5 Å². The molecule has 2 aromatic heterocycles. The number of thioether (sulfide) groups is 1. The lowest BCUT2D eigenvalue weighted by molar-refractivity contribution is 0.340. The van der Waals surface area contributed by atoms with Gasteiger partial charge in [-0.2, -0.15) is 5.10 Å². The van der Waals surface area contributed by atoms with Gasteiger partial charge in [-0.05, 0) is 61.9 Å². The Morgan fingerprint density at radius 2 is 1.78 bits per heavy atom. The molecule has 0 saturated heterocycles. The fraction of sp³-hybridized carbons (Fsp3) is 0.310. The number of aromatic nitrogens is 3. The van der Waals surface area contributed by atoms with E-state index >= 15 is 0 Å². The normalized spacial score (nSPS) is 15.3. The van der Waals surface area contributed by atoms with Gasteiger partial charge >= 0.3 is 0 Å². The Balaban J connectivity index is 1.48. The van der Waals surface area contributed by atoms with Gasteiger partial charge < -0.3 is 19.9 Å². The van der Waals surface area contributed by atoms with E-state index in [0.29, 0.717) is 19.1 Å². The van der Waals surface area contributed by atoms with Gasteiger partial charge in [-0.1, -0.05) is 44.2 Å². The molecule has 1 unspecified atom stereocenters. The molecule has 3 heterocycles. The summed E-state index contributed by atoms with van der Waals surface area (Å²) in [7, 11) is 0. The number of hydrogen-bond donors (Lipinski definition) is 2. The number of fused-ring (bicyclic) bond motifs is 1. The molecule has 36 heavy (non-hydrogen) atoms. The first-order chi connectivity index (χ1) is 17.5. The van der Waals surface area contributed by atoms with Crippen molar-refractivity contribution in [3.05, 3.63) is 88.3 Å². The van der Waals surface area contributed by atoms with Crippen molar-refractivity contribution in [3.8, 4) is 11.4 Å². The molecular formula is C29H33N5OS. The Morgan fingerprint density at radius 1 is 1.03 bits per heavy atom. The van der Waals surface area contributed by atoms with Gasteiger partial charge in [-0.25, -0.2) is 0 Å². The molecule has 7 heteroatoms. The minimum Gasteiger partial charge on any atom is -0.494 e. The third-order valence-corrected chi connectivity index (χ3v) is 7.59. The van der Waals surface area contributed by atoms with Crippen LogP contribution in [-0.4, -0.2) is 27.9 Å². The van der Waals surface area contributed by atoms with E-state index in [9.17, 15) is 0 Å². The summed E-state index contributed by atoms with van der Waals surface area (Å²) in [6.07, 6.45) is 0. The summed E-state index contributed by atoms with van der Waals surface area (Å²) >= 11 is 1.80. The standard InChI is InChI=1S/C29H33N5OS/c1-6-35-24-14-12-23(13-15-24)34-20(5)25-19(4)32-33-28(26(25)27(34)18(2)3)30-16-22-17-36-29(31-22)21-10-8-7-9-11-21/h7-15,17-18,29,31H,6,16H2,1-5H3,(H,30,33). The van der Waals surface area contributed by atoms with Crippen LogP contribution in [0.25, 0.3) is 16.5 Å². The van der Waals surface area contributed by atoms with Crippen LogP contribution in [0.15, 0.2) is 65.7 Å². The lowest BCUT2D eigenvalue weighted by Crippen LogP contribution is -2.19. The molecule has 1 aliphatic heterocycles. The second-order valence-electron chi connectivity index (χ2n) is 9.34. The lowest BCUT2D eigenvalue weighted by Gasteiger charge is -2.16. The summed E-state index contributed by atoms with van der Waals surface area (Å²) in [5.41, 5.74) is 6.89. The molecule has 0 bridgehead atoms. The predicted octanol–water partition coefficient (Wildman–Crippen LogP) is 6.85. The summed E-state index contributed by atoms with van der Waals surface area (Å²) in [5.74, 6) is 1.99. The lowest BCUT2D eigenvalue weighted by atomic mass is 10.0. The number of aryl methyl sites for hydroxylation is 2. The molecule has 0 fully saturated rings. The molecule has 0 saturated carbocycles. The summed E-state index contributed by atoms with van der Waals surface area (Å²) in [4.78, 5) is 0. The quantitative estimate of drug-likeness (QED) is 0.276. The number of rotatable bonds is 8. The van der Waals surface area contributed by atoms with Crippen LogP contribution in [0.2, 0.25) is 0 Å². The van der Waals surface area contributed by atoms with Gasteiger partial charge in [0, 0.05) is 33.5 Å². The Morgan fingerprint density at radius 3 is 2.47 bits per heavy atom. The van der Waals surface area contributed by atoms with E-state index in [1.165, 1.54) is 17.0 Å². The summed E-state index contributed by atoms with van der Waals surface area (Å²) in [5, 5.41) is 21.1. The van der Waals surface area contributed by atoms with Crippen LogP contribution >= 0.6 is 11.8 Å². The molecule has 186 valence electrons. The van der Waals surface area contributed by atoms with Crippen LogP contribution < -0.4 is 15.4 Å². The predicted molar refractivity (Wildman–Crippen MR) is 150 cm³/mol. The van der Waals surface area contributed by atoms with E-state index in [2.05, 4.69) is 88.0 Å². The number of anilines is 1. The smallest absolute Gasteiger partial charge is 0.158 e. The van der Waals surface area contributed by atoms with Crippen molar-refractivity contribution in [1.82, 2.24) is 20.1 Å².